The van der Waals surface area contributed by atoms with Crippen molar-refractivity contribution in [2.75, 3.05) is 26.7 Å². The van der Waals surface area contributed by atoms with E-state index in [0.717, 1.165) is 0 Å². The van der Waals surface area contributed by atoms with E-state index in [9.17, 15) is 22.8 Å². The predicted molar refractivity (Wildman–Crippen MR) is 134 cm³/mol. The lowest BCUT2D eigenvalue weighted by Crippen LogP contribution is -2.51. The summed E-state index contributed by atoms with van der Waals surface area (Å²) in [5.74, 6) is -0.775. The molecule has 2 fully saturated rings. The zero-order valence-corrected chi connectivity index (χ0v) is 21.4. The number of rotatable bonds is 8. The highest BCUT2D eigenvalue weighted by Crippen LogP contribution is 2.27. The molecule has 1 N–H and O–H groups in total. The van der Waals surface area contributed by atoms with Gasteiger partial charge in [0.05, 0.1) is 12.0 Å². The number of para-hydroxylation sites is 1. The maximum absolute atomic E-state index is 13.2. The number of hydrogen-bond acceptors (Lipinski definition) is 7. The SMILES string of the molecule is COC(=O)[C@H](CC1CCN(C(=O)Oc2ccccc2)C1)NC(=O)[C@@H]1CCCN1S(=O)(=O)c1ccccc1. The van der Waals surface area contributed by atoms with Crippen LogP contribution in [0, 0.1) is 5.92 Å². The molecule has 2 aromatic rings. The highest BCUT2D eigenvalue weighted by Gasteiger charge is 2.41. The van der Waals surface area contributed by atoms with Gasteiger partial charge in [0.25, 0.3) is 0 Å². The van der Waals surface area contributed by atoms with Gasteiger partial charge in [0.2, 0.25) is 15.9 Å². The summed E-state index contributed by atoms with van der Waals surface area (Å²) in [4.78, 5) is 39.9. The van der Waals surface area contributed by atoms with Gasteiger partial charge in [-0.2, -0.15) is 4.31 Å². The first-order valence-corrected chi connectivity index (χ1v) is 13.7. The lowest BCUT2D eigenvalue weighted by atomic mass is 9.98. The fourth-order valence-electron chi connectivity index (χ4n) is 4.82. The molecule has 10 nitrogen and oxygen atoms in total. The molecule has 2 heterocycles. The van der Waals surface area contributed by atoms with Crippen molar-refractivity contribution in [3.8, 4) is 5.75 Å². The number of methoxy groups -OCH3 is 1. The number of sulfonamides is 1. The van der Waals surface area contributed by atoms with E-state index in [-0.39, 0.29) is 23.8 Å². The van der Waals surface area contributed by atoms with Crippen molar-refractivity contribution in [2.24, 2.45) is 5.92 Å². The Bertz CT molecular complexity index is 1210. The zero-order chi connectivity index (χ0) is 26.4. The minimum Gasteiger partial charge on any atom is -0.467 e. The molecule has 0 saturated carbocycles. The zero-order valence-electron chi connectivity index (χ0n) is 20.6. The van der Waals surface area contributed by atoms with E-state index in [1.165, 1.54) is 23.5 Å². The number of hydrogen-bond donors (Lipinski definition) is 1. The molecule has 2 aliphatic heterocycles. The van der Waals surface area contributed by atoms with Gasteiger partial charge in [0.1, 0.15) is 17.8 Å². The molecule has 2 saturated heterocycles. The fraction of sp³-hybridized carbons (Fsp3) is 0.423. The molecule has 4 rings (SSSR count). The second-order valence-corrected chi connectivity index (χ2v) is 11.1. The first-order valence-electron chi connectivity index (χ1n) is 12.3. The summed E-state index contributed by atoms with van der Waals surface area (Å²) >= 11 is 0. The quantitative estimate of drug-likeness (QED) is 0.521. The Kier molecular flexibility index (Phi) is 8.45. The van der Waals surface area contributed by atoms with Crippen molar-refractivity contribution in [1.29, 1.82) is 0 Å². The molecule has 2 aromatic carbocycles. The van der Waals surface area contributed by atoms with Crippen LogP contribution in [0.2, 0.25) is 0 Å². The number of esters is 1. The lowest BCUT2D eigenvalue weighted by molar-refractivity contribution is -0.146. The van der Waals surface area contributed by atoms with Crippen LogP contribution < -0.4 is 10.1 Å². The van der Waals surface area contributed by atoms with Crippen LogP contribution >= 0.6 is 0 Å². The summed E-state index contributed by atoms with van der Waals surface area (Å²) < 4.78 is 37.8. The van der Waals surface area contributed by atoms with Crippen molar-refractivity contribution in [3.63, 3.8) is 0 Å². The van der Waals surface area contributed by atoms with Gasteiger partial charge in [-0.3, -0.25) is 4.79 Å². The average Bonchev–Trinajstić information content (AvgIpc) is 3.60. The molecule has 2 aliphatic rings. The first kappa shape index (κ1) is 26.6. The topological polar surface area (TPSA) is 122 Å². The van der Waals surface area contributed by atoms with Crippen molar-refractivity contribution < 1.29 is 32.3 Å². The Balaban J connectivity index is 1.38. The summed E-state index contributed by atoms with van der Waals surface area (Å²) in [6.07, 6.45) is 1.30. The number of benzene rings is 2. The molecule has 3 atom stereocenters. The van der Waals surface area contributed by atoms with Crippen LogP contribution in [-0.2, 0) is 24.3 Å². The third-order valence-electron chi connectivity index (χ3n) is 6.72. The number of ether oxygens (including phenoxy) is 2. The average molecular weight is 530 g/mol. The Hall–Kier alpha value is -3.44. The molecule has 0 aromatic heterocycles. The van der Waals surface area contributed by atoms with E-state index >= 15 is 0 Å². The summed E-state index contributed by atoms with van der Waals surface area (Å²) in [5.41, 5.74) is 0. The van der Waals surface area contributed by atoms with Crippen LogP contribution in [0.4, 0.5) is 4.79 Å². The van der Waals surface area contributed by atoms with Gasteiger partial charge >= 0.3 is 12.1 Å². The molecule has 0 bridgehead atoms. The van der Waals surface area contributed by atoms with Crippen molar-refractivity contribution >= 4 is 28.0 Å². The number of carbonyl (C=O) groups excluding carboxylic acids is 3. The van der Waals surface area contributed by atoms with Gasteiger partial charge in [-0.25, -0.2) is 18.0 Å². The van der Waals surface area contributed by atoms with Crippen LogP contribution in [0.3, 0.4) is 0 Å². The largest absolute Gasteiger partial charge is 0.467 e. The van der Waals surface area contributed by atoms with Gasteiger partial charge in [-0.05, 0) is 55.9 Å². The Labute approximate surface area is 216 Å². The minimum absolute atomic E-state index is 0.0690. The minimum atomic E-state index is -3.86. The fourth-order valence-corrected chi connectivity index (χ4v) is 6.50. The van der Waals surface area contributed by atoms with E-state index < -0.39 is 40.1 Å². The highest BCUT2D eigenvalue weighted by atomic mass is 32.2. The molecule has 0 aliphatic carbocycles. The Morgan fingerprint density at radius 1 is 1.00 bits per heavy atom. The number of carbonyl (C=O) groups is 3. The molecule has 37 heavy (non-hydrogen) atoms. The van der Waals surface area contributed by atoms with Crippen molar-refractivity contribution in [2.45, 2.75) is 42.7 Å². The van der Waals surface area contributed by atoms with Crippen LogP contribution in [-0.4, -0.2) is 74.4 Å². The summed E-state index contributed by atoms with van der Waals surface area (Å²) in [6, 6.07) is 14.8. The third-order valence-corrected chi connectivity index (χ3v) is 8.64. The third kappa shape index (κ3) is 6.28. The summed E-state index contributed by atoms with van der Waals surface area (Å²) in [6.45, 7) is 1.05. The number of likely N-dealkylation sites (tertiary alicyclic amines) is 1. The number of nitrogens with one attached hydrogen (secondary N) is 1. The smallest absolute Gasteiger partial charge is 0.415 e. The predicted octanol–water partition coefficient (Wildman–Crippen LogP) is 2.41. The maximum Gasteiger partial charge on any atom is 0.415 e. The van der Waals surface area contributed by atoms with E-state index in [0.29, 0.717) is 38.1 Å². The van der Waals surface area contributed by atoms with Crippen molar-refractivity contribution in [3.05, 3.63) is 60.7 Å². The van der Waals surface area contributed by atoms with Crippen LogP contribution in [0.15, 0.2) is 65.6 Å². The van der Waals surface area contributed by atoms with Crippen LogP contribution in [0.1, 0.15) is 25.7 Å². The van der Waals surface area contributed by atoms with Crippen LogP contribution in [0.25, 0.3) is 0 Å². The maximum atomic E-state index is 13.2. The van der Waals surface area contributed by atoms with E-state index in [1.807, 2.05) is 6.07 Å². The van der Waals surface area contributed by atoms with Gasteiger partial charge < -0.3 is 19.7 Å². The van der Waals surface area contributed by atoms with E-state index in [1.54, 1.807) is 47.4 Å². The van der Waals surface area contributed by atoms with Crippen molar-refractivity contribution in [1.82, 2.24) is 14.5 Å². The molecule has 2 amide bonds. The second kappa shape index (κ2) is 11.7. The van der Waals surface area contributed by atoms with Gasteiger partial charge in [0, 0.05) is 19.6 Å². The van der Waals surface area contributed by atoms with E-state index in [4.69, 9.17) is 9.47 Å². The monoisotopic (exact) mass is 529 g/mol. The highest BCUT2D eigenvalue weighted by molar-refractivity contribution is 7.89. The standard InChI is InChI=1S/C26H31N3O7S/c1-35-25(31)22(17-19-14-16-28(18-19)26(32)36-20-9-4-2-5-10-20)27-24(30)23-13-8-15-29(23)37(33,34)21-11-6-3-7-12-21/h2-7,9-12,19,22-23H,8,13-18H2,1H3,(H,27,30)/t19?,22-,23-/m0/s1. The van der Waals surface area contributed by atoms with Crippen LogP contribution in [0.5, 0.6) is 5.75 Å². The lowest BCUT2D eigenvalue weighted by Gasteiger charge is -2.26. The molecule has 0 radical (unpaired) electrons. The first-order chi connectivity index (χ1) is 17.8. The Morgan fingerprint density at radius 2 is 1.68 bits per heavy atom. The summed E-state index contributed by atoms with van der Waals surface area (Å²) in [7, 11) is -2.62. The second-order valence-electron chi connectivity index (χ2n) is 9.19. The normalized spacial score (nSPS) is 20.8. The molecular formula is C26H31N3O7S. The van der Waals surface area contributed by atoms with Gasteiger partial charge in [-0.1, -0.05) is 36.4 Å². The molecule has 198 valence electrons. The number of amides is 2. The number of nitrogens with zero attached hydrogens (tertiary/aromatic N) is 2. The molecule has 1 unspecified atom stereocenters. The van der Waals surface area contributed by atoms with Gasteiger partial charge in [-0.15, -0.1) is 0 Å². The molecular weight excluding hydrogens is 498 g/mol. The summed E-state index contributed by atoms with van der Waals surface area (Å²) in [5, 5.41) is 2.72. The molecule has 0 spiro atoms. The Morgan fingerprint density at radius 3 is 2.35 bits per heavy atom. The molecule has 11 heteroatoms. The van der Waals surface area contributed by atoms with E-state index in [2.05, 4.69) is 5.32 Å². The van der Waals surface area contributed by atoms with Gasteiger partial charge in [0.15, 0.2) is 0 Å².